The van der Waals surface area contributed by atoms with Gasteiger partial charge in [-0.1, -0.05) is 48.0 Å². The fourth-order valence-corrected chi connectivity index (χ4v) is 3.27. The fraction of sp³-hybridized carbons (Fsp3) is 0.300. The molecule has 0 atom stereocenters. The van der Waals surface area contributed by atoms with Gasteiger partial charge in [-0.15, -0.1) is 0 Å². The normalized spacial score (nSPS) is 15.0. The Labute approximate surface area is 152 Å². The Morgan fingerprint density at radius 1 is 1.04 bits per heavy atom. The van der Waals surface area contributed by atoms with Gasteiger partial charge in [0.15, 0.2) is 0 Å². The molecule has 2 amide bonds. The first-order valence-electron chi connectivity index (χ1n) is 8.50. The van der Waals surface area contributed by atoms with Crippen molar-refractivity contribution in [1.82, 2.24) is 4.90 Å². The predicted octanol–water partition coefficient (Wildman–Crippen LogP) is 3.76. The quantitative estimate of drug-likeness (QED) is 0.906. The molecule has 0 aromatic heterocycles. The van der Waals surface area contributed by atoms with Crippen LogP contribution in [0.2, 0.25) is 5.02 Å². The van der Waals surface area contributed by atoms with Gasteiger partial charge in [-0.2, -0.15) is 0 Å². The summed E-state index contributed by atoms with van der Waals surface area (Å²) in [6.45, 7) is 1.25. The van der Waals surface area contributed by atoms with Crippen LogP contribution in [0.4, 0.5) is 5.69 Å². The molecule has 1 aliphatic rings. The van der Waals surface area contributed by atoms with Crippen molar-refractivity contribution >= 4 is 29.1 Å². The maximum absolute atomic E-state index is 12.4. The monoisotopic (exact) mass is 356 g/mol. The smallest absolute Gasteiger partial charge is 0.227 e. The van der Waals surface area contributed by atoms with E-state index in [0.717, 1.165) is 5.56 Å². The van der Waals surface area contributed by atoms with Crippen LogP contribution >= 0.6 is 11.6 Å². The Kier molecular flexibility index (Phi) is 5.71. The SMILES string of the molecule is O=C(Nc1cccc(Cl)c1)C1CCN(C(=O)Cc2ccccc2)CC1. The number of nitrogens with zero attached hydrogens (tertiary/aromatic N) is 1. The number of amides is 2. The van der Waals surface area contributed by atoms with E-state index < -0.39 is 0 Å². The van der Waals surface area contributed by atoms with Crippen molar-refractivity contribution in [2.45, 2.75) is 19.3 Å². The van der Waals surface area contributed by atoms with Crippen molar-refractivity contribution in [2.24, 2.45) is 5.92 Å². The third kappa shape index (κ3) is 4.83. The van der Waals surface area contributed by atoms with Crippen LogP contribution in [0.5, 0.6) is 0 Å². The van der Waals surface area contributed by atoms with Crippen LogP contribution in [0, 0.1) is 5.92 Å². The number of benzene rings is 2. The number of rotatable bonds is 4. The van der Waals surface area contributed by atoms with Crippen molar-refractivity contribution in [1.29, 1.82) is 0 Å². The molecule has 0 saturated carbocycles. The van der Waals surface area contributed by atoms with E-state index in [-0.39, 0.29) is 17.7 Å². The van der Waals surface area contributed by atoms with Crippen LogP contribution in [0.15, 0.2) is 54.6 Å². The highest BCUT2D eigenvalue weighted by Crippen LogP contribution is 2.21. The van der Waals surface area contributed by atoms with Crippen LogP contribution in [0.25, 0.3) is 0 Å². The summed E-state index contributed by atoms with van der Waals surface area (Å²) in [6, 6.07) is 16.9. The van der Waals surface area contributed by atoms with Crippen molar-refractivity contribution < 1.29 is 9.59 Å². The summed E-state index contributed by atoms with van der Waals surface area (Å²) >= 11 is 5.94. The molecule has 0 unspecified atom stereocenters. The second kappa shape index (κ2) is 8.17. The molecule has 0 spiro atoms. The van der Waals surface area contributed by atoms with Gasteiger partial charge in [-0.05, 0) is 36.6 Å². The number of hydrogen-bond donors (Lipinski definition) is 1. The van der Waals surface area contributed by atoms with E-state index in [1.807, 2.05) is 47.4 Å². The van der Waals surface area contributed by atoms with E-state index in [2.05, 4.69) is 5.32 Å². The Hall–Kier alpha value is -2.33. The highest BCUT2D eigenvalue weighted by Gasteiger charge is 2.27. The molecule has 1 heterocycles. The fourth-order valence-electron chi connectivity index (χ4n) is 3.08. The molecule has 2 aromatic carbocycles. The summed E-state index contributed by atoms with van der Waals surface area (Å²) < 4.78 is 0. The molecule has 1 N–H and O–H groups in total. The van der Waals surface area contributed by atoms with Crippen LogP contribution in [-0.4, -0.2) is 29.8 Å². The molecule has 4 nitrogen and oxygen atoms in total. The number of carbonyl (C=O) groups excluding carboxylic acids is 2. The summed E-state index contributed by atoms with van der Waals surface area (Å²) in [5.74, 6) is 0.0529. The van der Waals surface area contributed by atoms with E-state index in [1.54, 1.807) is 12.1 Å². The molecule has 3 rings (SSSR count). The second-order valence-electron chi connectivity index (χ2n) is 6.32. The molecule has 0 bridgehead atoms. The first-order valence-corrected chi connectivity index (χ1v) is 8.88. The van der Waals surface area contributed by atoms with Crippen LogP contribution in [0.3, 0.4) is 0 Å². The minimum atomic E-state index is -0.0697. The molecule has 1 saturated heterocycles. The molecule has 0 radical (unpaired) electrons. The Bertz CT molecular complexity index is 740. The Balaban J connectivity index is 1.49. The Morgan fingerprint density at radius 3 is 2.44 bits per heavy atom. The number of piperidine rings is 1. The lowest BCUT2D eigenvalue weighted by Gasteiger charge is -2.31. The zero-order chi connectivity index (χ0) is 17.6. The van der Waals surface area contributed by atoms with E-state index in [4.69, 9.17) is 11.6 Å². The molecule has 130 valence electrons. The van der Waals surface area contributed by atoms with Crippen molar-refractivity contribution in [3.63, 3.8) is 0 Å². The van der Waals surface area contributed by atoms with Gasteiger partial charge in [0.05, 0.1) is 6.42 Å². The lowest BCUT2D eigenvalue weighted by Crippen LogP contribution is -2.42. The topological polar surface area (TPSA) is 49.4 Å². The lowest BCUT2D eigenvalue weighted by molar-refractivity contribution is -0.133. The van der Waals surface area contributed by atoms with Crippen molar-refractivity contribution in [3.05, 3.63) is 65.2 Å². The molecule has 0 aliphatic carbocycles. The van der Waals surface area contributed by atoms with Crippen LogP contribution in [-0.2, 0) is 16.0 Å². The van der Waals surface area contributed by atoms with Crippen LogP contribution < -0.4 is 5.32 Å². The van der Waals surface area contributed by atoms with E-state index in [1.165, 1.54) is 0 Å². The molecule has 5 heteroatoms. The zero-order valence-corrected chi connectivity index (χ0v) is 14.7. The minimum absolute atomic E-state index is 0.00238. The van der Waals surface area contributed by atoms with Gasteiger partial charge < -0.3 is 10.2 Å². The highest BCUT2D eigenvalue weighted by atomic mass is 35.5. The summed E-state index contributed by atoms with van der Waals surface area (Å²) in [4.78, 5) is 26.6. The minimum Gasteiger partial charge on any atom is -0.342 e. The van der Waals surface area contributed by atoms with E-state index in [9.17, 15) is 9.59 Å². The third-order valence-electron chi connectivity index (χ3n) is 4.51. The number of nitrogens with one attached hydrogen (secondary N) is 1. The molecule has 1 aliphatic heterocycles. The number of likely N-dealkylation sites (tertiary alicyclic amines) is 1. The van der Waals surface area contributed by atoms with Crippen LogP contribution in [0.1, 0.15) is 18.4 Å². The number of halogens is 1. The number of hydrogen-bond acceptors (Lipinski definition) is 2. The summed E-state index contributed by atoms with van der Waals surface area (Å²) in [5.41, 5.74) is 1.73. The summed E-state index contributed by atoms with van der Waals surface area (Å²) in [6.07, 6.45) is 1.79. The molecular formula is C20H21ClN2O2. The first kappa shape index (κ1) is 17.5. The Morgan fingerprint density at radius 2 is 1.76 bits per heavy atom. The standard InChI is InChI=1S/C20H21ClN2O2/c21-17-7-4-8-18(14-17)22-20(25)16-9-11-23(12-10-16)19(24)13-15-5-2-1-3-6-15/h1-8,14,16H,9-13H2,(H,22,25). The van der Waals surface area contributed by atoms with Gasteiger partial charge in [0.1, 0.15) is 0 Å². The average molecular weight is 357 g/mol. The lowest BCUT2D eigenvalue weighted by atomic mass is 9.95. The second-order valence-corrected chi connectivity index (χ2v) is 6.75. The van der Waals surface area contributed by atoms with Crippen molar-refractivity contribution in [3.8, 4) is 0 Å². The van der Waals surface area contributed by atoms with Gasteiger partial charge in [-0.3, -0.25) is 9.59 Å². The largest absolute Gasteiger partial charge is 0.342 e. The van der Waals surface area contributed by atoms with Gasteiger partial charge in [-0.25, -0.2) is 0 Å². The zero-order valence-electron chi connectivity index (χ0n) is 14.0. The molecular weight excluding hydrogens is 336 g/mol. The van der Waals surface area contributed by atoms with Gasteiger partial charge in [0, 0.05) is 29.7 Å². The summed E-state index contributed by atoms with van der Waals surface area (Å²) in [7, 11) is 0. The molecule has 2 aromatic rings. The number of anilines is 1. The third-order valence-corrected chi connectivity index (χ3v) is 4.74. The maximum Gasteiger partial charge on any atom is 0.227 e. The maximum atomic E-state index is 12.4. The van der Waals surface area contributed by atoms with Gasteiger partial charge in [0.25, 0.3) is 0 Å². The van der Waals surface area contributed by atoms with E-state index >= 15 is 0 Å². The molecule has 25 heavy (non-hydrogen) atoms. The average Bonchev–Trinajstić information content (AvgIpc) is 2.62. The van der Waals surface area contributed by atoms with Gasteiger partial charge >= 0.3 is 0 Å². The van der Waals surface area contributed by atoms with Crippen molar-refractivity contribution in [2.75, 3.05) is 18.4 Å². The summed E-state index contributed by atoms with van der Waals surface area (Å²) in [5, 5.41) is 3.51. The molecule has 1 fully saturated rings. The van der Waals surface area contributed by atoms with Gasteiger partial charge in [0.2, 0.25) is 11.8 Å². The predicted molar refractivity (Wildman–Crippen MR) is 99.5 cm³/mol. The number of carbonyl (C=O) groups is 2. The van der Waals surface area contributed by atoms with E-state index in [0.29, 0.717) is 43.1 Å². The first-order chi connectivity index (χ1) is 12.1. The highest BCUT2D eigenvalue weighted by molar-refractivity contribution is 6.30.